The number of pyridine rings is 2. The van der Waals surface area contributed by atoms with E-state index in [1.54, 1.807) is 30.5 Å². The van der Waals surface area contributed by atoms with Crippen molar-refractivity contribution in [3.8, 4) is 11.5 Å². The number of piperidine rings is 1. The van der Waals surface area contributed by atoms with E-state index in [1.807, 2.05) is 6.07 Å². The zero-order valence-electron chi connectivity index (χ0n) is 31.9. The van der Waals surface area contributed by atoms with Gasteiger partial charge in [0.1, 0.15) is 22.0 Å². The number of aromatic amines is 1. The predicted octanol–water partition coefficient (Wildman–Crippen LogP) is 6.49. The molecule has 5 heterocycles. The lowest BCUT2D eigenvalue weighted by Gasteiger charge is -2.56. The first-order valence-electron chi connectivity index (χ1n) is 19.7. The molecule has 2 aliphatic heterocycles. The van der Waals surface area contributed by atoms with E-state index in [-0.39, 0.29) is 23.2 Å². The summed E-state index contributed by atoms with van der Waals surface area (Å²) in [6, 6.07) is 10.3. The summed E-state index contributed by atoms with van der Waals surface area (Å²) in [6.07, 6.45) is 13.3. The molecule has 2 saturated carbocycles. The van der Waals surface area contributed by atoms with Crippen molar-refractivity contribution in [1.29, 1.82) is 0 Å². The first kappa shape index (κ1) is 38.1. The van der Waals surface area contributed by atoms with E-state index in [4.69, 9.17) is 9.47 Å². The molecule has 3 aromatic heterocycles. The average Bonchev–Trinajstić information content (AvgIpc) is 3.64. The number of rotatable bonds is 11. The summed E-state index contributed by atoms with van der Waals surface area (Å²) in [5.74, 6) is 0.578. The quantitative estimate of drug-likeness (QED) is 0.111. The molecule has 4 fully saturated rings. The molecule has 0 bridgehead atoms. The van der Waals surface area contributed by atoms with Gasteiger partial charge in [0.25, 0.3) is 15.9 Å². The van der Waals surface area contributed by atoms with Gasteiger partial charge in [-0.05, 0) is 87.0 Å². The molecule has 4 aromatic rings. The van der Waals surface area contributed by atoms with Crippen LogP contribution in [-0.4, -0.2) is 90.6 Å². The molecule has 8 rings (SSSR count). The Hall–Kier alpha value is -4.80. The minimum absolute atomic E-state index is 0.00864. The van der Waals surface area contributed by atoms with Gasteiger partial charge in [0, 0.05) is 68.2 Å². The van der Waals surface area contributed by atoms with Crippen LogP contribution in [0.5, 0.6) is 11.5 Å². The highest BCUT2D eigenvalue weighted by molar-refractivity contribution is 7.90. The number of amides is 1. The number of nitrogens with zero attached hydrogens (tertiary/aromatic N) is 5. The van der Waals surface area contributed by atoms with Gasteiger partial charge in [-0.2, -0.15) is 0 Å². The molecule has 1 aromatic carbocycles. The highest BCUT2D eigenvalue weighted by atomic mass is 32.2. The van der Waals surface area contributed by atoms with E-state index in [9.17, 15) is 23.3 Å². The van der Waals surface area contributed by atoms with E-state index < -0.39 is 31.4 Å². The van der Waals surface area contributed by atoms with Crippen LogP contribution in [0.15, 0.2) is 59.9 Å². The number of ether oxygens (including phenoxy) is 2. The Morgan fingerprint density at radius 3 is 2.59 bits per heavy atom. The Kier molecular flexibility index (Phi) is 10.6. The molecule has 4 aliphatic rings. The molecule has 1 spiro atoms. The lowest BCUT2D eigenvalue weighted by Crippen LogP contribution is -2.58. The van der Waals surface area contributed by atoms with Gasteiger partial charge in [0.15, 0.2) is 0 Å². The van der Waals surface area contributed by atoms with Crippen LogP contribution in [0.2, 0.25) is 0 Å². The minimum atomic E-state index is -4.58. The van der Waals surface area contributed by atoms with Crippen LogP contribution < -0.4 is 19.7 Å². The number of sulfonamides is 1. The van der Waals surface area contributed by atoms with Crippen molar-refractivity contribution < 1.29 is 27.6 Å². The standard InChI is InChI=1S/C40H50N8O7S/c1-26-3-5-28(6-4-26)22-42-38-35(48(50)51)19-33(24-44-38)56(52,53)45-39(49)34-8-7-30(18-36(34)55-32-17-29-9-12-41-37(29)43-23-32)46-13-10-40(11-14-46)20-31(21-40)47-15-16-54-27(2)25-47/h7-9,12,17-19,23-24,26-28,31H,3-6,10-11,13-16,20-22,25H2,1-2H3,(H,41,43)(H,42,44)(H,45,49)/t26-,27?,28+. The molecular formula is C40H50N8O7S. The average molecular weight is 787 g/mol. The zero-order valence-corrected chi connectivity index (χ0v) is 32.7. The van der Waals surface area contributed by atoms with Crippen molar-refractivity contribution in [3.63, 3.8) is 0 Å². The zero-order chi connectivity index (χ0) is 39.0. The van der Waals surface area contributed by atoms with E-state index in [0.717, 1.165) is 94.6 Å². The fraction of sp³-hybridized carbons (Fsp3) is 0.525. The number of benzene rings is 1. The van der Waals surface area contributed by atoms with E-state index in [1.165, 1.54) is 19.0 Å². The van der Waals surface area contributed by atoms with Gasteiger partial charge in [-0.3, -0.25) is 19.8 Å². The number of nitro groups is 1. The number of nitrogens with one attached hydrogen (secondary N) is 3. The van der Waals surface area contributed by atoms with Gasteiger partial charge in [-0.15, -0.1) is 0 Å². The fourth-order valence-electron chi connectivity index (χ4n) is 8.97. The van der Waals surface area contributed by atoms with E-state index in [2.05, 4.69) is 48.6 Å². The van der Waals surface area contributed by atoms with Crippen LogP contribution in [-0.2, 0) is 14.8 Å². The molecule has 1 atom stereocenters. The largest absolute Gasteiger partial charge is 0.455 e. The van der Waals surface area contributed by atoms with Gasteiger partial charge >= 0.3 is 5.69 Å². The molecule has 298 valence electrons. The Bertz CT molecular complexity index is 2190. The summed E-state index contributed by atoms with van der Waals surface area (Å²) in [4.78, 5) is 41.1. The summed E-state index contributed by atoms with van der Waals surface area (Å²) in [6.45, 7) is 9.33. The molecule has 15 nitrogen and oxygen atoms in total. The van der Waals surface area contributed by atoms with Crippen molar-refractivity contribution in [3.05, 3.63) is 70.7 Å². The SMILES string of the molecule is CC1CN(C2CC3(CCN(c4ccc(C(=O)NS(=O)(=O)c5cnc(NC[C@H]6CC[C@@H](C)CC6)c([N+](=O)[O-])c5)c(Oc5cnc6[nH]ccc6c5)c4)CC3)C2)CCO1. The number of aromatic nitrogens is 3. The topological polar surface area (TPSA) is 185 Å². The van der Waals surface area contributed by atoms with E-state index >= 15 is 0 Å². The first-order valence-corrected chi connectivity index (χ1v) is 21.2. The summed E-state index contributed by atoms with van der Waals surface area (Å²) in [5.41, 5.74) is 1.35. The number of anilines is 2. The fourth-order valence-corrected chi connectivity index (χ4v) is 9.90. The number of morpholine rings is 1. The molecule has 0 radical (unpaired) electrons. The van der Waals surface area contributed by atoms with Crippen molar-refractivity contribution in [1.82, 2.24) is 24.6 Å². The molecule has 56 heavy (non-hydrogen) atoms. The van der Waals surface area contributed by atoms with E-state index in [0.29, 0.717) is 41.2 Å². The normalized spacial score (nSPS) is 23.1. The Morgan fingerprint density at radius 2 is 1.84 bits per heavy atom. The minimum Gasteiger partial charge on any atom is -0.455 e. The number of hydrogen-bond donors (Lipinski definition) is 3. The smallest absolute Gasteiger partial charge is 0.312 e. The van der Waals surface area contributed by atoms with Crippen LogP contribution in [0, 0.1) is 27.4 Å². The van der Waals surface area contributed by atoms with Crippen molar-refractivity contribution in [2.45, 2.75) is 82.3 Å². The van der Waals surface area contributed by atoms with Gasteiger partial charge in [-0.25, -0.2) is 23.1 Å². The summed E-state index contributed by atoms with van der Waals surface area (Å²) >= 11 is 0. The highest BCUT2D eigenvalue weighted by Gasteiger charge is 2.48. The second-order valence-corrected chi connectivity index (χ2v) is 18.0. The van der Waals surface area contributed by atoms with Crippen molar-refractivity contribution in [2.75, 3.05) is 49.5 Å². The molecule has 1 unspecified atom stereocenters. The van der Waals surface area contributed by atoms with Gasteiger partial charge in [-0.1, -0.05) is 19.8 Å². The third kappa shape index (κ3) is 8.18. The van der Waals surface area contributed by atoms with Gasteiger partial charge < -0.3 is 24.7 Å². The summed E-state index contributed by atoms with van der Waals surface area (Å²) < 4.78 is 41.3. The van der Waals surface area contributed by atoms with Crippen LogP contribution in [0.4, 0.5) is 17.2 Å². The maximum absolute atomic E-state index is 13.8. The number of carbonyl (C=O) groups is 1. The number of hydrogen-bond acceptors (Lipinski definition) is 12. The summed E-state index contributed by atoms with van der Waals surface area (Å²) in [7, 11) is -4.58. The molecule has 3 N–H and O–H groups in total. The Morgan fingerprint density at radius 1 is 1.05 bits per heavy atom. The molecule has 1 amide bonds. The highest BCUT2D eigenvalue weighted by Crippen LogP contribution is 2.51. The number of carbonyl (C=O) groups excluding carboxylic acids is 1. The molecule has 2 aliphatic carbocycles. The van der Waals surface area contributed by atoms with Gasteiger partial charge in [0.2, 0.25) is 5.82 Å². The monoisotopic (exact) mass is 786 g/mol. The maximum atomic E-state index is 13.8. The predicted molar refractivity (Wildman–Crippen MR) is 212 cm³/mol. The van der Waals surface area contributed by atoms with Crippen LogP contribution in [0.25, 0.3) is 11.0 Å². The third-order valence-corrected chi connectivity index (χ3v) is 13.7. The van der Waals surface area contributed by atoms with Crippen molar-refractivity contribution >= 4 is 44.2 Å². The lowest BCUT2D eigenvalue weighted by molar-refractivity contribution is -0.384. The summed E-state index contributed by atoms with van der Waals surface area (Å²) in [5, 5.41) is 15.9. The van der Waals surface area contributed by atoms with Gasteiger partial charge in [0.05, 0.1) is 35.6 Å². The van der Waals surface area contributed by atoms with Crippen LogP contribution in [0.1, 0.15) is 75.6 Å². The number of fused-ring (bicyclic) bond motifs is 1. The molecule has 2 saturated heterocycles. The van der Waals surface area contributed by atoms with Crippen LogP contribution in [0.3, 0.4) is 0 Å². The second-order valence-electron chi connectivity index (χ2n) is 16.3. The molecular weight excluding hydrogens is 737 g/mol. The second kappa shape index (κ2) is 15.6. The number of H-pyrrole nitrogens is 1. The maximum Gasteiger partial charge on any atom is 0.312 e. The Balaban J connectivity index is 0.986. The molecule has 16 heteroatoms. The van der Waals surface area contributed by atoms with Crippen LogP contribution >= 0.6 is 0 Å². The third-order valence-electron chi connectivity index (χ3n) is 12.4. The first-order chi connectivity index (χ1) is 26.9. The van der Waals surface area contributed by atoms with Crippen molar-refractivity contribution in [2.24, 2.45) is 17.3 Å². The lowest BCUT2D eigenvalue weighted by atomic mass is 9.60. The Labute approximate surface area is 326 Å².